The number of carbonyl (C=O) groups excluding carboxylic acids is 1. The molecule has 3 aromatic rings. The van der Waals surface area contributed by atoms with Crippen molar-refractivity contribution < 1.29 is 9.63 Å². The molecule has 0 saturated heterocycles. The van der Waals surface area contributed by atoms with Gasteiger partial charge >= 0.3 is 0 Å². The zero-order valence-corrected chi connectivity index (χ0v) is 15.5. The largest absolute Gasteiger partial charge is 0.386 e. The van der Waals surface area contributed by atoms with Crippen LogP contribution in [0.15, 0.2) is 88.5 Å². The predicted octanol–water partition coefficient (Wildman–Crippen LogP) is 5.11. The van der Waals surface area contributed by atoms with E-state index in [1.807, 2.05) is 78.9 Å². The summed E-state index contributed by atoms with van der Waals surface area (Å²) in [6.45, 7) is -0.163. The molecule has 0 spiro atoms. The molecule has 0 bridgehead atoms. The lowest BCUT2D eigenvalue weighted by Crippen LogP contribution is -2.17. The van der Waals surface area contributed by atoms with Crippen molar-refractivity contribution in [1.29, 1.82) is 0 Å². The SMILES string of the molecule is O=C(CO/N=C\c1ccccc1Br)Nc1ccccc1-c1ccccc1. The number of halogens is 1. The van der Waals surface area contributed by atoms with Crippen LogP contribution in [0.2, 0.25) is 0 Å². The Bertz CT molecular complexity index is 911. The maximum Gasteiger partial charge on any atom is 0.265 e. The van der Waals surface area contributed by atoms with Crippen molar-refractivity contribution in [3.63, 3.8) is 0 Å². The summed E-state index contributed by atoms with van der Waals surface area (Å²) in [6.07, 6.45) is 1.56. The molecule has 0 radical (unpaired) electrons. The zero-order chi connectivity index (χ0) is 18.2. The lowest BCUT2D eigenvalue weighted by Gasteiger charge is -2.10. The van der Waals surface area contributed by atoms with Gasteiger partial charge < -0.3 is 10.2 Å². The molecular weight excluding hydrogens is 392 g/mol. The molecule has 0 unspecified atom stereocenters. The van der Waals surface area contributed by atoms with Crippen LogP contribution in [0, 0.1) is 0 Å². The van der Waals surface area contributed by atoms with Crippen LogP contribution in [0.3, 0.4) is 0 Å². The normalized spacial score (nSPS) is 10.7. The molecule has 130 valence electrons. The number of benzene rings is 3. The van der Waals surface area contributed by atoms with Crippen molar-refractivity contribution in [2.45, 2.75) is 0 Å². The molecule has 0 saturated carbocycles. The number of para-hydroxylation sites is 1. The van der Waals surface area contributed by atoms with E-state index in [0.29, 0.717) is 0 Å². The minimum Gasteiger partial charge on any atom is -0.386 e. The number of carbonyl (C=O) groups is 1. The number of anilines is 1. The molecular formula is C21H17BrN2O2. The zero-order valence-electron chi connectivity index (χ0n) is 13.9. The van der Waals surface area contributed by atoms with E-state index in [1.165, 1.54) is 0 Å². The summed E-state index contributed by atoms with van der Waals surface area (Å²) < 4.78 is 0.911. The Labute approximate surface area is 160 Å². The third-order valence-electron chi connectivity index (χ3n) is 3.65. The van der Waals surface area contributed by atoms with Gasteiger partial charge in [-0.3, -0.25) is 4.79 Å². The second-order valence-corrected chi connectivity index (χ2v) is 6.34. The monoisotopic (exact) mass is 408 g/mol. The summed E-state index contributed by atoms with van der Waals surface area (Å²) in [5.41, 5.74) is 3.61. The van der Waals surface area contributed by atoms with Gasteiger partial charge in [-0.25, -0.2) is 0 Å². The third-order valence-corrected chi connectivity index (χ3v) is 4.38. The average Bonchev–Trinajstić information content (AvgIpc) is 2.68. The first-order chi connectivity index (χ1) is 12.7. The van der Waals surface area contributed by atoms with E-state index in [2.05, 4.69) is 26.4 Å². The summed E-state index contributed by atoms with van der Waals surface area (Å²) >= 11 is 3.43. The Morgan fingerprint density at radius 2 is 1.65 bits per heavy atom. The van der Waals surface area contributed by atoms with Gasteiger partial charge in [-0.15, -0.1) is 0 Å². The van der Waals surface area contributed by atoms with E-state index in [9.17, 15) is 4.79 Å². The molecule has 1 N–H and O–H groups in total. The molecule has 0 fully saturated rings. The highest BCUT2D eigenvalue weighted by Crippen LogP contribution is 2.27. The molecule has 3 aromatic carbocycles. The van der Waals surface area contributed by atoms with Crippen molar-refractivity contribution in [2.24, 2.45) is 5.16 Å². The predicted molar refractivity (Wildman–Crippen MR) is 108 cm³/mol. The number of amides is 1. The molecule has 1 amide bonds. The number of hydrogen-bond donors (Lipinski definition) is 1. The quantitative estimate of drug-likeness (QED) is 0.455. The van der Waals surface area contributed by atoms with Crippen molar-refractivity contribution in [3.05, 3.63) is 88.9 Å². The Hall–Kier alpha value is -2.92. The van der Waals surface area contributed by atoms with Crippen molar-refractivity contribution >= 4 is 33.7 Å². The van der Waals surface area contributed by atoms with E-state index in [1.54, 1.807) is 6.21 Å². The molecule has 5 heteroatoms. The highest BCUT2D eigenvalue weighted by Gasteiger charge is 2.08. The van der Waals surface area contributed by atoms with E-state index < -0.39 is 0 Å². The van der Waals surface area contributed by atoms with Crippen LogP contribution in [0.1, 0.15) is 5.56 Å². The molecule has 26 heavy (non-hydrogen) atoms. The van der Waals surface area contributed by atoms with E-state index in [0.717, 1.165) is 26.9 Å². The van der Waals surface area contributed by atoms with Crippen LogP contribution in [0.4, 0.5) is 5.69 Å². The summed E-state index contributed by atoms with van der Waals surface area (Å²) in [5.74, 6) is -0.266. The highest BCUT2D eigenvalue weighted by atomic mass is 79.9. The molecule has 0 aliphatic carbocycles. The number of oxime groups is 1. The number of hydrogen-bond acceptors (Lipinski definition) is 3. The molecule has 0 atom stereocenters. The first kappa shape index (κ1) is 17.9. The van der Waals surface area contributed by atoms with Gasteiger partial charge in [0.1, 0.15) is 0 Å². The fraction of sp³-hybridized carbons (Fsp3) is 0.0476. The number of rotatable bonds is 6. The van der Waals surface area contributed by atoms with Crippen LogP contribution >= 0.6 is 15.9 Å². The third kappa shape index (κ3) is 4.80. The topological polar surface area (TPSA) is 50.7 Å². The lowest BCUT2D eigenvalue weighted by molar-refractivity contribution is -0.120. The van der Waals surface area contributed by atoms with Crippen molar-refractivity contribution in [3.8, 4) is 11.1 Å². The maximum atomic E-state index is 12.2. The molecule has 0 heterocycles. The minimum absolute atomic E-state index is 0.163. The van der Waals surface area contributed by atoms with E-state index in [-0.39, 0.29) is 12.5 Å². The number of nitrogens with zero attached hydrogens (tertiary/aromatic N) is 1. The Morgan fingerprint density at radius 3 is 2.46 bits per heavy atom. The van der Waals surface area contributed by atoms with Crippen LogP contribution in [-0.2, 0) is 9.63 Å². The fourth-order valence-corrected chi connectivity index (χ4v) is 2.80. The molecule has 4 nitrogen and oxygen atoms in total. The van der Waals surface area contributed by atoms with Crippen molar-refractivity contribution in [1.82, 2.24) is 0 Å². The number of nitrogens with one attached hydrogen (secondary N) is 1. The fourth-order valence-electron chi connectivity index (χ4n) is 2.42. The molecule has 0 aliphatic rings. The van der Waals surface area contributed by atoms with Crippen LogP contribution < -0.4 is 5.32 Å². The van der Waals surface area contributed by atoms with E-state index in [4.69, 9.17) is 4.84 Å². The van der Waals surface area contributed by atoms with Crippen LogP contribution in [0.25, 0.3) is 11.1 Å². The Kier molecular flexibility index (Phi) is 6.17. The van der Waals surface area contributed by atoms with Gasteiger partial charge in [-0.1, -0.05) is 87.8 Å². The molecule has 0 aromatic heterocycles. The second-order valence-electron chi connectivity index (χ2n) is 5.49. The van der Waals surface area contributed by atoms with Gasteiger partial charge in [0.15, 0.2) is 6.61 Å². The maximum absolute atomic E-state index is 12.2. The molecule has 3 rings (SSSR count). The van der Waals surface area contributed by atoms with Gasteiger partial charge in [-0.2, -0.15) is 0 Å². The summed E-state index contributed by atoms with van der Waals surface area (Å²) in [5, 5.41) is 6.72. The van der Waals surface area contributed by atoms with Crippen LogP contribution in [-0.4, -0.2) is 18.7 Å². The van der Waals surface area contributed by atoms with E-state index >= 15 is 0 Å². The van der Waals surface area contributed by atoms with Gasteiger partial charge in [0.25, 0.3) is 5.91 Å². The van der Waals surface area contributed by atoms with Gasteiger partial charge in [0.2, 0.25) is 0 Å². The summed E-state index contributed by atoms with van der Waals surface area (Å²) in [6, 6.07) is 25.2. The second kappa shape index (κ2) is 8.97. The van der Waals surface area contributed by atoms with Gasteiger partial charge in [0, 0.05) is 21.3 Å². The standard InChI is InChI=1S/C21H17BrN2O2/c22-19-12-6-4-10-17(19)14-23-26-15-21(25)24-20-13-7-5-11-18(20)16-8-2-1-3-9-16/h1-14H,15H2,(H,24,25)/b23-14-. The highest BCUT2D eigenvalue weighted by molar-refractivity contribution is 9.10. The minimum atomic E-state index is -0.266. The van der Waals surface area contributed by atoms with Crippen molar-refractivity contribution in [2.75, 3.05) is 11.9 Å². The summed E-state index contributed by atoms with van der Waals surface area (Å²) in [7, 11) is 0. The van der Waals surface area contributed by atoms with Crippen LogP contribution in [0.5, 0.6) is 0 Å². The smallest absolute Gasteiger partial charge is 0.265 e. The lowest BCUT2D eigenvalue weighted by atomic mass is 10.0. The Morgan fingerprint density at radius 1 is 0.962 bits per heavy atom. The summed E-state index contributed by atoms with van der Waals surface area (Å²) in [4.78, 5) is 17.3. The average molecular weight is 409 g/mol. The van der Waals surface area contributed by atoms with Gasteiger partial charge in [-0.05, 0) is 17.7 Å². The van der Waals surface area contributed by atoms with Gasteiger partial charge in [0.05, 0.1) is 6.21 Å². The first-order valence-electron chi connectivity index (χ1n) is 8.08. The first-order valence-corrected chi connectivity index (χ1v) is 8.87. The molecule has 0 aliphatic heterocycles. The Balaban J connectivity index is 1.60.